The molecule has 0 spiro atoms. The summed E-state index contributed by atoms with van der Waals surface area (Å²) < 4.78 is 36.3. The van der Waals surface area contributed by atoms with Crippen LogP contribution in [0.2, 0.25) is 0 Å². The number of carboxylic acid groups (broad SMARTS) is 1. The first-order valence-electron chi connectivity index (χ1n) is 12.9. The van der Waals surface area contributed by atoms with Gasteiger partial charge in [-0.2, -0.15) is 10.2 Å². The maximum absolute atomic E-state index is 14.0. The minimum absolute atomic E-state index is 0.105. The minimum Gasteiger partial charge on any atom is -0.465 e. The largest absolute Gasteiger partial charge is 0.465 e. The van der Waals surface area contributed by atoms with Gasteiger partial charge in [0.05, 0.1) is 31.1 Å². The van der Waals surface area contributed by atoms with Crippen molar-refractivity contribution in [3.8, 4) is 0 Å². The topological polar surface area (TPSA) is 130 Å². The molecule has 5 heterocycles. The molecule has 2 saturated heterocycles. The van der Waals surface area contributed by atoms with E-state index in [4.69, 9.17) is 4.74 Å². The van der Waals surface area contributed by atoms with E-state index in [0.29, 0.717) is 50.6 Å². The van der Waals surface area contributed by atoms with Gasteiger partial charge in [-0.25, -0.2) is 23.1 Å². The summed E-state index contributed by atoms with van der Waals surface area (Å²) in [6.45, 7) is 8.58. The number of piperidine rings is 1. The molecular formula is C25H32F2N8O4. The third-order valence-corrected chi connectivity index (χ3v) is 7.34. The quantitative estimate of drug-likeness (QED) is 0.496. The first-order chi connectivity index (χ1) is 18.5. The number of rotatable bonds is 5. The number of carbonyl (C=O) groups excluding carboxylic acids is 1. The number of hydrogen-bond donors (Lipinski definition) is 2. The average Bonchev–Trinajstić information content (AvgIpc) is 3.52. The van der Waals surface area contributed by atoms with Crippen molar-refractivity contribution in [3.05, 3.63) is 35.9 Å². The number of likely N-dealkylation sites (tertiary alicyclic amines) is 1. The molecule has 0 saturated carbocycles. The molecule has 2 amide bonds. The van der Waals surface area contributed by atoms with E-state index >= 15 is 0 Å². The van der Waals surface area contributed by atoms with Gasteiger partial charge in [-0.15, -0.1) is 0 Å². The highest BCUT2D eigenvalue weighted by Gasteiger charge is 2.40. The summed E-state index contributed by atoms with van der Waals surface area (Å²) in [6.07, 6.45) is 1.35. The standard InChI is InChI=1S/C25H32F2N8O4/c1-25(2,3)18-12-15(4-6-33(18)24(37)38)35-14-17(20(31-35)21(26)27)29-23(36)16-13-28-34-7-5-19(30-22(16)34)32-8-10-39-11-9-32/h5,7,13-15,18,21H,4,6,8-12H2,1-3H3,(H,29,36)(H,37,38). The molecule has 2 aliphatic heterocycles. The van der Waals surface area contributed by atoms with E-state index in [0.717, 1.165) is 0 Å². The van der Waals surface area contributed by atoms with Gasteiger partial charge in [-0.1, -0.05) is 20.8 Å². The molecular weight excluding hydrogens is 514 g/mol. The summed E-state index contributed by atoms with van der Waals surface area (Å²) in [5, 5.41) is 20.5. The Bertz CT molecular complexity index is 1360. The van der Waals surface area contributed by atoms with E-state index in [9.17, 15) is 23.5 Å². The molecule has 2 unspecified atom stereocenters. The lowest BCUT2D eigenvalue weighted by Gasteiger charge is -2.44. The van der Waals surface area contributed by atoms with E-state index in [2.05, 4.69) is 20.5 Å². The average molecular weight is 547 g/mol. The maximum atomic E-state index is 14.0. The number of carbonyl (C=O) groups is 2. The Kier molecular flexibility index (Phi) is 7.14. The fourth-order valence-electron chi connectivity index (χ4n) is 5.26. The molecule has 210 valence electrons. The van der Waals surface area contributed by atoms with Crippen LogP contribution in [0, 0.1) is 5.41 Å². The number of nitrogens with zero attached hydrogens (tertiary/aromatic N) is 7. The van der Waals surface area contributed by atoms with Gasteiger partial charge >= 0.3 is 6.09 Å². The molecule has 0 bridgehead atoms. The zero-order chi connectivity index (χ0) is 27.9. The Hall–Kier alpha value is -3.81. The fraction of sp³-hybridized carbons (Fsp3) is 0.560. The van der Waals surface area contributed by atoms with Gasteiger partial charge in [0.25, 0.3) is 12.3 Å². The lowest BCUT2D eigenvalue weighted by atomic mass is 9.79. The number of ether oxygens (including phenoxy) is 1. The number of halogens is 2. The van der Waals surface area contributed by atoms with Crippen molar-refractivity contribution in [1.82, 2.24) is 29.3 Å². The number of nitrogens with one attached hydrogen (secondary N) is 1. The highest BCUT2D eigenvalue weighted by molar-refractivity contribution is 6.08. The highest BCUT2D eigenvalue weighted by atomic mass is 19.3. The summed E-state index contributed by atoms with van der Waals surface area (Å²) >= 11 is 0. The lowest BCUT2D eigenvalue weighted by molar-refractivity contribution is 0.0404. The Morgan fingerprint density at radius 3 is 2.62 bits per heavy atom. The molecule has 0 radical (unpaired) electrons. The molecule has 0 aliphatic carbocycles. The molecule has 2 aliphatic rings. The van der Waals surface area contributed by atoms with Crippen LogP contribution in [0.15, 0.2) is 24.7 Å². The second kappa shape index (κ2) is 10.4. The van der Waals surface area contributed by atoms with Crippen molar-refractivity contribution in [2.24, 2.45) is 5.41 Å². The Morgan fingerprint density at radius 1 is 1.21 bits per heavy atom. The van der Waals surface area contributed by atoms with Crippen LogP contribution in [0.1, 0.15) is 62.1 Å². The van der Waals surface area contributed by atoms with Gasteiger partial charge in [-0.05, 0) is 24.3 Å². The zero-order valence-corrected chi connectivity index (χ0v) is 22.0. The van der Waals surface area contributed by atoms with Gasteiger partial charge in [-0.3, -0.25) is 9.48 Å². The number of morpholine rings is 1. The number of alkyl halides is 2. The van der Waals surface area contributed by atoms with Crippen molar-refractivity contribution in [2.45, 2.75) is 52.1 Å². The third-order valence-electron chi connectivity index (χ3n) is 7.34. The predicted octanol–water partition coefficient (Wildman–Crippen LogP) is 3.68. The number of aromatic nitrogens is 5. The van der Waals surface area contributed by atoms with Crippen LogP contribution in [0.5, 0.6) is 0 Å². The number of hydrogen-bond acceptors (Lipinski definition) is 7. The van der Waals surface area contributed by atoms with Crippen molar-refractivity contribution in [3.63, 3.8) is 0 Å². The maximum Gasteiger partial charge on any atom is 0.407 e. The zero-order valence-electron chi connectivity index (χ0n) is 22.0. The normalized spacial score (nSPS) is 20.6. The molecule has 5 rings (SSSR count). The Balaban J connectivity index is 1.39. The molecule has 2 fully saturated rings. The summed E-state index contributed by atoms with van der Waals surface area (Å²) in [5.41, 5.74) is -0.567. The van der Waals surface area contributed by atoms with Gasteiger partial charge in [0.1, 0.15) is 11.4 Å². The van der Waals surface area contributed by atoms with Gasteiger partial charge in [0.15, 0.2) is 11.3 Å². The van der Waals surface area contributed by atoms with Crippen molar-refractivity contribution in [2.75, 3.05) is 43.1 Å². The highest BCUT2D eigenvalue weighted by Crippen LogP contribution is 2.38. The fourth-order valence-corrected chi connectivity index (χ4v) is 5.26. The van der Waals surface area contributed by atoms with Crippen LogP contribution < -0.4 is 10.2 Å². The summed E-state index contributed by atoms with van der Waals surface area (Å²) in [5.74, 6) is 0.0360. The lowest BCUT2D eigenvalue weighted by Crippen LogP contribution is -2.51. The minimum atomic E-state index is -2.92. The SMILES string of the molecule is CC(C)(C)C1CC(n2cc(NC(=O)c3cnn4ccc(N5CCOCC5)nc34)c(C(F)F)n2)CCN1C(=O)O. The van der Waals surface area contributed by atoms with Crippen molar-refractivity contribution >= 4 is 29.2 Å². The summed E-state index contributed by atoms with van der Waals surface area (Å²) in [7, 11) is 0. The second-order valence-electron chi connectivity index (χ2n) is 10.9. The van der Waals surface area contributed by atoms with Crippen LogP contribution in [0.3, 0.4) is 0 Å². The monoisotopic (exact) mass is 546 g/mol. The summed E-state index contributed by atoms with van der Waals surface area (Å²) in [4.78, 5) is 33.1. The van der Waals surface area contributed by atoms with Crippen molar-refractivity contribution in [1.29, 1.82) is 0 Å². The molecule has 2 atom stereocenters. The van der Waals surface area contributed by atoms with Crippen LogP contribution in [0.4, 0.5) is 25.1 Å². The van der Waals surface area contributed by atoms with Crippen LogP contribution >= 0.6 is 0 Å². The van der Waals surface area contributed by atoms with E-state index in [1.807, 2.05) is 25.7 Å². The van der Waals surface area contributed by atoms with E-state index in [-0.39, 0.29) is 35.3 Å². The molecule has 12 nitrogen and oxygen atoms in total. The Labute approximate surface area is 223 Å². The third kappa shape index (κ3) is 5.37. The second-order valence-corrected chi connectivity index (χ2v) is 10.9. The predicted molar refractivity (Wildman–Crippen MR) is 137 cm³/mol. The van der Waals surface area contributed by atoms with Crippen LogP contribution in [0.25, 0.3) is 5.65 Å². The van der Waals surface area contributed by atoms with Crippen LogP contribution in [-0.4, -0.2) is 85.3 Å². The first kappa shape index (κ1) is 26.8. The van der Waals surface area contributed by atoms with Gasteiger partial charge < -0.3 is 25.0 Å². The van der Waals surface area contributed by atoms with E-state index in [1.54, 1.807) is 12.3 Å². The number of amides is 2. The number of anilines is 2. The molecule has 3 aromatic rings. The molecule has 2 N–H and O–H groups in total. The molecule has 39 heavy (non-hydrogen) atoms. The van der Waals surface area contributed by atoms with E-state index in [1.165, 1.54) is 26.5 Å². The van der Waals surface area contributed by atoms with Crippen molar-refractivity contribution < 1.29 is 28.2 Å². The van der Waals surface area contributed by atoms with Crippen LogP contribution in [-0.2, 0) is 4.74 Å². The first-order valence-corrected chi connectivity index (χ1v) is 12.9. The molecule has 3 aromatic heterocycles. The summed E-state index contributed by atoms with van der Waals surface area (Å²) in [6, 6.07) is 1.17. The van der Waals surface area contributed by atoms with Gasteiger partial charge in [0, 0.05) is 38.1 Å². The smallest absolute Gasteiger partial charge is 0.407 e. The Morgan fingerprint density at radius 2 is 1.95 bits per heavy atom. The number of fused-ring (bicyclic) bond motifs is 1. The van der Waals surface area contributed by atoms with Gasteiger partial charge in [0.2, 0.25) is 0 Å². The van der Waals surface area contributed by atoms with E-state index < -0.39 is 24.1 Å². The molecule has 14 heteroatoms. The molecule has 0 aromatic carbocycles.